The molecular formula is C11H13NO6. The van der Waals surface area contributed by atoms with Crippen LogP contribution in [0, 0.1) is 0 Å². The number of aliphatic hydroxyl groups excluding tert-OH is 1. The monoisotopic (exact) mass is 255 g/mol. The molecule has 0 aliphatic heterocycles. The molecule has 1 rings (SSSR count). The summed E-state index contributed by atoms with van der Waals surface area (Å²) >= 11 is 0. The van der Waals surface area contributed by atoms with Gasteiger partial charge < -0.3 is 25.4 Å². The van der Waals surface area contributed by atoms with Crippen LogP contribution in [0.3, 0.4) is 0 Å². The van der Waals surface area contributed by atoms with E-state index in [1.807, 2.05) is 0 Å². The molecule has 4 N–H and O–H groups in total. The van der Waals surface area contributed by atoms with E-state index in [1.54, 1.807) is 0 Å². The summed E-state index contributed by atoms with van der Waals surface area (Å²) in [6.45, 7) is -0.416. The number of carboxylic acids is 1. The maximum Gasteiger partial charge on any atom is 0.334 e. The summed E-state index contributed by atoms with van der Waals surface area (Å²) in [5, 5.41) is 29.1. The van der Waals surface area contributed by atoms with Crippen LogP contribution in [-0.2, 0) is 4.79 Å². The largest absolute Gasteiger partial charge is 0.504 e. The van der Waals surface area contributed by atoms with Crippen molar-refractivity contribution in [2.45, 2.75) is 6.10 Å². The van der Waals surface area contributed by atoms with Crippen molar-refractivity contribution in [2.24, 2.45) is 0 Å². The summed E-state index contributed by atoms with van der Waals surface area (Å²) in [7, 11) is 1.37. The molecule has 98 valence electrons. The number of carbonyl (C=O) groups is 2. The smallest absolute Gasteiger partial charge is 0.334 e. The van der Waals surface area contributed by atoms with Crippen LogP contribution in [0.4, 0.5) is 0 Å². The summed E-state index contributed by atoms with van der Waals surface area (Å²) < 4.78 is 4.81. The molecule has 0 heterocycles. The number of phenols is 1. The highest BCUT2D eigenvalue weighted by Gasteiger charge is 2.15. The third-order valence-corrected chi connectivity index (χ3v) is 2.18. The van der Waals surface area contributed by atoms with Gasteiger partial charge in [-0.3, -0.25) is 4.79 Å². The van der Waals surface area contributed by atoms with Crippen LogP contribution in [0.2, 0.25) is 0 Å². The number of aliphatic hydroxyl groups is 1. The lowest BCUT2D eigenvalue weighted by molar-refractivity contribution is -0.146. The van der Waals surface area contributed by atoms with Gasteiger partial charge in [0.1, 0.15) is 0 Å². The van der Waals surface area contributed by atoms with E-state index < -0.39 is 24.5 Å². The van der Waals surface area contributed by atoms with Gasteiger partial charge in [-0.25, -0.2) is 4.79 Å². The van der Waals surface area contributed by atoms with Crippen molar-refractivity contribution in [3.8, 4) is 11.5 Å². The lowest BCUT2D eigenvalue weighted by atomic mass is 10.2. The molecule has 0 saturated carbocycles. The molecule has 1 atom stereocenters. The zero-order valence-corrected chi connectivity index (χ0v) is 9.58. The van der Waals surface area contributed by atoms with E-state index in [9.17, 15) is 14.7 Å². The standard InChI is InChI=1S/C11H13NO6/c1-18-9-3-2-6(4-7(9)13)10(15)12-5-8(14)11(16)17/h2-4,8,13-14H,5H2,1H3,(H,12,15)(H,16,17). The lowest BCUT2D eigenvalue weighted by Crippen LogP contribution is -2.36. The van der Waals surface area contributed by atoms with Crippen molar-refractivity contribution in [3.63, 3.8) is 0 Å². The Kier molecular flexibility index (Phi) is 4.50. The first-order chi connectivity index (χ1) is 8.45. The quantitative estimate of drug-likeness (QED) is 0.567. The Bertz CT molecular complexity index is 459. The first-order valence-electron chi connectivity index (χ1n) is 5.01. The van der Waals surface area contributed by atoms with Gasteiger partial charge in [-0.1, -0.05) is 0 Å². The fourth-order valence-corrected chi connectivity index (χ4v) is 1.21. The van der Waals surface area contributed by atoms with E-state index in [1.165, 1.54) is 25.3 Å². The first kappa shape index (κ1) is 13.8. The van der Waals surface area contributed by atoms with Crippen LogP contribution < -0.4 is 10.1 Å². The number of hydrogen-bond donors (Lipinski definition) is 4. The Morgan fingerprint density at radius 3 is 2.61 bits per heavy atom. The lowest BCUT2D eigenvalue weighted by Gasteiger charge is -2.09. The molecule has 7 heteroatoms. The van der Waals surface area contributed by atoms with Crippen LogP contribution in [0.1, 0.15) is 10.4 Å². The SMILES string of the molecule is COc1ccc(C(=O)NCC(O)C(=O)O)cc1O. The molecule has 0 aliphatic rings. The average molecular weight is 255 g/mol. The molecular weight excluding hydrogens is 242 g/mol. The van der Waals surface area contributed by atoms with Crippen molar-refractivity contribution in [2.75, 3.05) is 13.7 Å². The Labute approximate surface area is 103 Å². The van der Waals surface area contributed by atoms with Crippen LogP contribution in [0.25, 0.3) is 0 Å². The number of phenolic OH excluding ortho intramolecular Hbond substituents is 1. The van der Waals surface area contributed by atoms with E-state index in [-0.39, 0.29) is 17.1 Å². The van der Waals surface area contributed by atoms with Crippen molar-refractivity contribution < 1.29 is 29.6 Å². The predicted molar refractivity (Wildman–Crippen MR) is 60.6 cm³/mol. The van der Waals surface area contributed by atoms with Crippen molar-refractivity contribution in [3.05, 3.63) is 23.8 Å². The minimum absolute atomic E-state index is 0.130. The number of ether oxygens (including phenoxy) is 1. The number of rotatable bonds is 5. The third kappa shape index (κ3) is 3.36. The molecule has 0 aromatic heterocycles. The van der Waals surface area contributed by atoms with E-state index in [0.717, 1.165) is 0 Å². The van der Waals surface area contributed by atoms with Crippen molar-refractivity contribution >= 4 is 11.9 Å². The normalized spacial score (nSPS) is 11.7. The van der Waals surface area contributed by atoms with Gasteiger partial charge in [0.05, 0.1) is 13.7 Å². The van der Waals surface area contributed by atoms with Crippen LogP contribution in [-0.4, -0.2) is 47.0 Å². The number of amides is 1. The second-order valence-corrected chi connectivity index (χ2v) is 3.45. The average Bonchev–Trinajstić information content (AvgIpc) is 2.35. The summed E-state index contributed by atoms with van der Waals surface area (Å²) in [4.78, 5) is 21.9. The maximum absolute atomic E-state index is 11.6. The number of carboxylic acid groups (broad SMARTS) is 1. The highest BCUT2D eigenvalue weighted by molar-refractivity contribution is 5.95. The minimum atomic E-state index is -1.67. The summed E-state index contributed by atoms with van der Waals surface area (Å²) in [5.74, 6) is -2.01. The fourth-order valence-electron chi connectivity index (χ4n) is 1.21. The first-order valence-corrected chi connectivity index (χ1v) is 5.01. The van der Waals surface area contributed by atoms with Crippen LogP contribution in [0.15, 0.2) is 18.2 Å². The molecule has 0 bridgehead atoms. The van der Waals surface area contributed by atoms with Gasteiger partial charge in [0.15, 0.2) is 17.6 Å². The number of methoxy groups -OCH3 is 1. The molecule has 0 fully saturated rings. The molecule has 1 aromatic rings. The molecule has 1 unspecified atom stereocenters. The van der Waals surface area contributed by atoms with Crippen molar-refractivity contribution in [1.82, 2.24) is 5.32 Å². The Morgan fingerprint density at radius 1 is 1.44 bits per heavy atom. The van der Waals surface area contributed by atoms with Gasteiger partial charge in [-0.05, 0) is 18.2 Å². The van der Waals surface area contributed by atoms with E-state index in [0.29, 0.717) is 0 Å². The van der Waals surface area contributed by atoms with Gasteiger partial charge in [-0.15, -0.1) is 0 Å². The van der Waals surface area contributed by atoms with E-state index >= 15 is 0 Å². The zero-order chi connectivity index (χ0) is 13.7. The predicted octanol–water partition coefficient (Wildman–Crippen LogP) is -0.424. The summed E-state index contributed by atoms with van der Waals surface area (Å²) in [6, 6.07) is 3.99. The molecule has 1 aromatic carbocycles. The summed E-state index contributed by atoms with van der Waals surface area (Å²) in [5.41, 5.74) is 0.130. The topological polar surface area (TPSA) is 116 Å². The van der Waals surface area contributed by atoms with Gasteiger partial charge in [0.2, 0.25) is 0 Å². The highest BCUT2D eigenvalue weighted by atomic mass is 16.5. The Balaban J connectivity index is 2.67. The number of aliphatic carboxylic acids is 1. The van der Waals surface area contributed by atoms with Crippen molar-refractivity contribution in [1.29, 1.82) is 0 Å². The van der Waals surface area contributed by atoms with E-state index in [4.69, 9.17) is 14.9 Å². The Hall–Kier alpha value is -2.28. The number of benzene rings is 1. The van der Waals surface area contributed by atoms with Crippen LogP contribution in [0.5, 0.6) is 11.5 Å². The third-order valence-electron chi connectivity index (χ3n) is 2.18. The molecule has 7 nitrogen and oxygen atoms in total. The Morgan fingerprint density at radius 2 is 2.11 bits per heavy atom. The molecule has 0 saturated heterocycles. The number of hydrogen-bond acceptors (Lipinski definition) is 5. The number of nitrogens with one attached hydrogen (secondary N) is 1. The van der Waals surface area contributed by atoms with Gasteiger partial charge in [-0.2, -0.15) is 0 Å². The molecule has 0 spiro atoms. The second-order valence-electron chi connectivity index (χ2n) is 3.45. The second kappa shape index (κ2) is 5.87. The van der Waals surface area contributed by atoms with Gasteiger partial charge in [0.25, 0.3) is 5.91 Å². The van der Waals surface area contributed by atoms with E-state index in [2.05, 4.69) is 5.32 Å². The minimum Gasteiger partial charge on any atom is -0.504 e. The fraction of sp³-hybridized carbons (Fsp3) is 0.273. The number of carbonyl (C=O) groups excluding carboxylic acids is 1. The van der Waals surface area contributed by atoms with Gasteiger partial charge >= 0.3 is 5.97 Å². The maximum atomic E-state index is 11.6. The molecule has 0 aliphatic carbocycles. The molecule has 18 heavy (non-hydrogen) atoms. The zero-order valence-electron chi connectivity index (χ0n) is 9.58. The molecule has 1 amide bonds. The highest BCUT2D eigenvalue weighted by Crippen LogP contribution is 2.25. The molecule has 0 radical (unpaired) electrons. The summed E-state index contributed by atoms with van der Waals surface area (Å²) in [6.07, 6.45) is -1.67. The van der Waals surface area contributed by atoms with Gasteiger partial charge in [0, 0.05) is 5.56 Å². The van der Waals surface area contributed by atoms with Crippen LogP contribution >= 0.6 is 0 Å². The number of aromatic hydroxyl groups is 1.